The molecule has 0 bridgehead atoms. The normalized spacial score (nSPS) is 16.8. The number of piperidine rings is 1. The first-order chi connectivity index (χ1) is 15.2. The maximum absolute atomic E-state index is 13.3. The number of benzene rings is 2. The highest BCUT2D eigenvalue weighted by Crippen LogP contribution is 2.32. The van der Waals surface area contributed by atoms with Crippen molar-refractivity contribution < 1.29 is 4.79 Å². The van der Waals surface area contributed by atoms with Gasteiger partial charge in [-0.15, -0.1) is 16.8 Å². The summed E-state index contributed by atoms with van der Waals surface area (Å²) in [6.07, 6.45) is 3.35. The van der Waals surface area contributed by atoms with E-state index in [-0.39, 0.29) is 16.7 Å². The Labute approximate surface area is 183 Å². The summed E-state index contributed by atoms with van der Waals surface area (Å²) in [4.78, 5) is 28.0. The Hall–Kier alpha value is -3.39. The van der Waals surface area contributed by atoms with Crippen LogP contribution >= 0.6 is 11.8 Å². The van der Waals surface area contributed by atoms with Crippen molar-refractivity contribution in [3.8, 4) is 0 Å². The van der Waals surface area contributed by atoms with E-state index < -0.39 is 0 Å². The molecule has 0 saturated carbocycles. The van der Waals surface area contributed by atoms with Crippen LogP contribution in [0.1, 0.15) is 12.8 Å². The number of fused-ring (bicyclic) bond motifs is 3. The fourth-order valence-electron chi connectivity index (χ4n) is 4.05. The van der Waals surface area contributed by atoms with E-state index in [1.165, 1.54) is 11.8 Å². The van der Waals surface area contributed by atoms with Crippen LogP contribution in [-0.2, 0) is 11.3 Å². The molecular formula is C23H21N5O2S. The molecule has 7 nitrogen and oxygen atoms in total. The highest BCUT2D eigenvalue weighted by atomic mass is 32.2. The van der Waals surface area contributed by atoms with Crippen molar-refractivity contribution in [2.45, 2.75) is 29.8 Å². The smallest absolute Gasteiger partial charge is 0.263 e. The van der Waals surface area contributed by atoms with E-state index in [0.717, 1.165) is 24.0 Å². The zero-order valence-corrected chi connectivity index (χ0v) is 17.7. The number of carbonyl (C=O) groups excluding carboxylic acids is 1. The molecule has 156 valence electrons. The molecule has 0 aliphatic carbocycles. The average Bonchev–Trinajstić information content (AvgIpc) is 3.22. The molecular weight excluding hydrogens is 410 g/mol. The Morgan fingerprint density at radius 2 is 1.84 bits per heavy atom. The third kappa shape index (κ3) is 3.33. The van der Waals surface area contributed by atoms with Gasteiger partial charge in [-0.2, -0.15) is 0 Å². The zero-order valence-electron chi connectivity index (χ0n) is 16.8. The summed E-state index contributed by atoms with van der Waals surface area (Å²) >= 11 is 1.41. The van der Waals surface area contributed by atoms with Gasteiger partial charge in [0.25, 0.3) is 5.56 Å². The molecule has 1 fully saturated rings. The van der Waals surface area contributed by atoms with E-state index in [2.05, 4.69) is 16.8 Å². The molecule has 1 aliphatic rings. The number of thioether (sulfide) groups is 1. The number of anilines is 1. The van der Waals surface area contributed by atoms with Gasteiger partial charge in [-0.1, -0.05) is 48.2 Å². The number of aromatic nitrogens is 4. The molecule has 0 spiro atoms. The van der Waals surface area contributed by atoms with Crippen LogP contribution in [0.25, 0.3) is 16.7 Å². The molecule has 3 heterocycles. The fraction of sp³-hybridized carbons (Fsp3) is 0.217. The summed E-state index contributed by atoms with van der Waals surface area (Å²) in [5.74, 6) is 0.525. The Morgan fingerprint density at radius 3 is 2.65 bits per heavy atom. The number of nitrogens with zero attached hydrogens (tertiary/aromatic N) is 5. The number of para-hydroxylation sites is 2. The molecule has 31 heavy (non-hydrogen) atoms. The van der Waals surface area contributed by atoms with Crippen molar-refractivity contribution in [2.75, 3.05) is 11.4 Å². The SMILES string of the molecule is C=CCn1c(=O)c2ccccc2n2c(SC3CCCN(c4ccccc4)C3=O)nnc12. The topological polar surface area (TPSA) is 72.5 Å². The van der Waals surface area contributed by atoms with Crippen LogP contribution in [0.15, 0.2) is 77.2 Å². The van der Waals surface area contributed by atoms with E-state index in [9.17, 15) is 9.59 Å². The Balaban J connectivity index is 1.58. The standard InChI is InChI=1S/C23H21N5O2S/c1-2-14-27-20(29)17-11-6-7-12-18(17)28-22(27)24-25-23(28)31-19-13-8-15-26(21(19)30)16-9-4-3-5-10-16/h2-7,9-12,19H,1,8,13-15H2. The van der Waals surface area contributed by atoms with Crippen LogP contribution < -0.4 is 10.5 Å². The van der Waals surface area contributed by atoms with Crippen molar-refractivity contribution >= 4 is 40.0 Å². The van der Waals surface area contributed by atoms with E-state index in [1.807, 2.05) is 57.8 Å². The minimum atomic E-state index is -0.264. The molecule has 0 radical (unpaired) electrons. The van der Waals surface area contributed by atoms with Gasteiger partial charge in [-0.25, -0.2) is 0 Å². The van der Waals surface area contributed by atoms with Gasteiger partial charge in [0.2, 0.25) is 11.7 Å². The molecule has 1 saturated heterocycles. The minimum Gasteiger partial charge on any atom is -0.311 e. The molecule has 1 amide bonds. The summed E-state index contributed by atoms with van der Waals surface area (Å²) in [5.41, 5.74) is 1.52. The minimum absolute atomic E-state index is 0.0721. The van der Waals surface area contributed by atoms with Crippen molar-refractivity contribution in [2.24, 2.45) is 0 Å². The van der Waals surface area contributed by atoms with Crippen LogP contribution in [0.2, 0.25) is 0 Å². The summed E-state index contributed by atoms with van der Waals surface area (Å²) in [5, 5.41) is 9.59. The Bertz CT molecular complexity index is 1340. The molecule has 4 aromatic rings. The second-order valence-electron chi connectivity index (χ2n) is 7.41. The molecule has 0 N–H and O–H groups in total. The fourth-order valence-corrected chi connectivity index (χ4v) is 5.19. The van der Waals surface area contributed by atoms with Crippen molar-refractivity contribution in [3.05, 3.63) is 77.6 Å². The van der Waals surface area contributed by atoms with Crippen LogP contribution in [-0.4, -0.2) is 36.9 Å². The van der Waals surface area contributed by atoms with Crippen molar-refractivity contribution in [3.63, 3.8) is 0 Å². The van der Waals surface area contributed by atoms with Crippen molar-refractivity contribution in [1.82, 2.24) is 19.2 Å². The predicted molar refractivity (Wildman–Crippen MR) is 123 cm³/mol. The number of hydrogen-bond acceptors (Lipinski definition) is 5. The first-order valence-corrected chi connectivity index (χ1v) is 11.1. The second kappa shape index (κ2) is 8.03. The Morgan fingerprint density at radius 1 is 1.06 bits per heavy atom. The Kier molecular flexibility index (Phi) is 5.07. The number of amides is 1. The number of carbonyl (C=O) groups is 1. The first-order valence-electron chi connectivity index (χ1n) is 10.2. The lowest BCUT2D eigenvalue weighted by atomic mass is 10.1. The highest BCUT2D eigenvalue weighted by molar-refractivity contribution is 8.00. The lowest BCUT2D eigenvalue weighted by molar-refractivity contribution is -0.119. The molecule has 2 aromatic heterocycles. The largest absolute Gasteiger partial charge is 0.311 e. The third-order valence-corrected chi connectivity index (χ3v) is 6.69. The number of allylic oxidation sites excluding steroid dienone is 1. The van der Waals surface area contributed by atoms with Gasteiger partial charge in [0.1, 0.15) is 0 Å². The van der Waals surface area contributed by atoms with Gasteiger partial charge < -0.3 is 4.90 Å². The van der Waals surface area contributed by atoms with E-state index in [1.54, 1.807) is 16.7 Å². The van der Waals surface area contributed by atoms with Gasteiger partial charge in [-0.05, 0) is 37.1 Å². The number of hydrogen-bond donors (Lipinski definition) is 0. The third-order valence-electron chi connectivity index (χ3n) is 5.49. The van der Waals surface area contributed by atoms with Gasteiger partial charge in [0.15, 0.2) is 5.16 Å². The van der Waals surface area contributed by atoms with Crippen molar-refractivity contribution in [1.29, 1.82) is 0 Å². The van der Waals surface area contributed by atoms with Crippen LogP contribution in [0.5, 0.6) is 0 Å². The van der Waals surface area contributed by atoms with Crippen LogP contribution in [0.4, 0.5) is 5.69 Å². The predicted octanol–water partition coefficient (Wildman–Crippen LogP) is 3.52. The van der Waals surface area contributed by atoms with Gasteiger partial charge in [0, 0.05) is 18.8 Å². The van der Waals surface area contributed by atoms with E-state index in [4.69, 9.17) is 0 Å². The second-order valence-corrected chi connectivity index (χ2v) is 8.58. The van der Waals surface area contributed by atoms with E-state index in [0.29, 0.717) is 29.4 Å². The lowest BCUT2D eigenvalue weighted by Gasteiger charge is -2.31. The summed E-state index contributed by atoms with van der Waals surface area (Å²) in [6, 6.07) is 17.1. The summed E-state index contributed by atoms with van der Waals surface area (Å²) < 4.78 is 3.44. The maximum Gasteiger partial charge on any atom is 0.263 e. The molecule has 1 atom stereocenters. The van der Waals surface area contributed by atoms with E-state index >= 15 is 0 Å². The van der Waals surface area contributed by atoms with Gasteiger partial charge in [0.05, 0.1) is 16.2 Å². The maximum atomic E-state index is 13.3. The van der Waals surface area contributed by atoms with Crippen LogP contribution in [0, 0.1) is 0 Å². The summed E-state index contributed by atoms with van der Waals surface area (Å²) in [7, 11) is 0. The monoisotopic (exact) mass is 431 g/mol. The molecule has 1 unspecified atom stereocenters. The quantitative estimate of drug-likeness (QED) is 0.452. The van der Waals surface area contributed by atoms with Gasteiger partial charge >= 0.3 is 0 Å². The molecule has 8 heteroatoms. The first kappa shape index (κ1) is 19.6. The molecule has 2 aromatic carbocycles. The molecule has 1 aliphatic heterocycles. The average molecular weight is 432 g/mol. The van der Waals surface area contributed by atoms with Crippen LogP contribution in [0.3, 0.4) is 0 Å². The lowest BCUT2D eigenvalue weighted by Crippen LogP contribution is -2.43. The van der Waals surface area contributed by atoms with Gasteiger partial charge in [-0.3, -0.25) is 18.6 Å². The molecule has 5 rings (SSSR count). The highest BCUT2D eigenvalue weighted by Gasteiger charge is 2.32. The summed E-state index contributed by atoms with van der Waals surface area (Å²) in [6.45, 7) is 4.80. The number of rotatable bonds is 5. The zero-order chi connectivity index (χ0) is 21.4.